The van der Waals surface area contributed by atoms with Crippen LogP contribution in [0.25, 0.3) is 0 Å². The summed E-state index contributed by atoms with van der Waals surface area (Å²) in [4.78, 5) is 24.8. The number of nitrogens with one attached hydrogen (secondary N) is 4. The van der Waals surface area contributed by atoms with Gasteiger partial charge in [-0.25, -0.2) is 35.9 Å². The van der Waals surface area contributed by atoms with E-state index in [0.717, 1.165) is 11.1 Å². The van der Waals surface area contributed by atoms with Crippen LogP contribution in [-0.4, -0.2) is 28.9 Å². The van der Waals surface area contributed by atoms with Gasteiger partial charge >= 0.3 is 12.1 Å². The number of anilines is 2. The maximum Gasteiger partial charge on any atom is 0.333 e. The second kappa shape index (κ2) is 14.3. The maximum atomic E-state index is 12.5. The molecule has 0 aromatic heterocycles. The maximum absolute atomic E-state index is 12.5. The number of carbonyl (C=O) groups excluding carboxylic acids is 2. The lowest BCUT2D eigenvalue weighted by molar-refractivity contribution is 0.255. The number of carbonyl (C=O) groups is 2. The Hall–Kier alpha value is -5.86. The number of hydrogen-bond acceptors (Lipinski definition) is 8. The summed E-state index contributed by atoms with van der Waals surface area (Å²) in [7, 11) is -8.11. The van der Waals surface area contributed by atoms with Crippen LogP contribution in [0.2, 0.25) is 0 Å². The summed E-state index contributed by atoms with van der Waals surface area (Å²) < 4.78 is 65.8. The van der Waals surface area contributed by atoms with E-state index in [0.29, 0.717) is 34.4 Å². The van der Waals surface area contributed by atoms with E-state index in [4.69, 9.17) is 9.47 Å². The summed E-state index contributed by atoms with van der Waals surface area (Å²) >= 11 is 0. The predicted molar refractivity (Wildman–Crippen MR) is 181 cm³/mol. The van der Waals surface area contributed by atoms with E-state index in [1.54, 1.807) is 84.9 Å². The standard InChI is InChI=1S/C34H30N4O8S2/c1-23-9-17-31(18-10-23)47(41,42)37-33(39)35-25-5-3-7-29(21-25)45-27-13-15-28(16-14-27)46-30-8-4-6-26(22-30)36-34(40)38-48(43,44)32-19-11-24(2)12-20-32/h3-22H,1-2H3,(H2,35,37,39)(H2,36,38,40). The summed E-state index contributed by atoms with van der Waals surface area (Å²) in [5, 5.41) is 4.98. The van der Waals surface area contributed by atoms with Crippen molar-refractivity contribution in [3.05, 3.63) is 132 Å². The van der Waals surface area contributed by atoms with Crippen molar-refractivity contribution in [2.24, 2.45) is 0 Å². The highest BCUT2D eigenvalue weighted by Crippen LogP contribution is 2.29. The van der Waals surface area contributed by atoms with Crippen molar-refractivity contribution in [1.29, 1.82) is 0 Å². The van der Waals surface area contributed by atoms with Crippen molar-refractivity contribution < 1.29 is 35.9 Å². The van der Waals surface area contributed by atoms with Crippen molar-refractivity contribution in [3.63, 3.8) is 0 Å². The van der Waals surface area contributed by atoms with Crippen LogP contribution < -0.4 is 29.6 Å². The molecule has 0 bridgehead atoms. The number of hydrogen-bond donors (Lipinski definition) is 4. The van der Waals surface area contributed by atoms with Crippen LogP contribution in [-0.2, 0) is 20.0 Å². The Morgan fingerprint density at radius 2 is 0.833 bits per heavy atom. The van der Waals surface area contributed by atoms with Crippen molar-refractivity contribution in [2.75, 3.05) is 10.6 Å². The minimum Gasteiger partial charge on any atom is -0.457 e. The monoisotopic (exact) mass is 686 g/mol. The lowest BCUT2D eigenvalue weighted by Gasteiger charge is -2.12. The molecule has 0 aliphatic rings. The minimum atomic E-state index is -4.06. The molecule has 246 valence electrons. The van der Waals surface area contributed by atoms with Gasteiger partial charge in [0.15, 0.2) is 0 Å². The summed E-state index contributed by atoms with van der Waals surface area (Å²) in [6, 6.07) is 29.8. The molecule has 0 radical (unpaired) electrons. The molecule has 0 saturated heterocycles. The Balaban J connectivity index is 1.15. The number of benzene rings is 5. The summed E-state index contributed by atoms with van der Waals surface area (Å²) in [5.74, 6) is 1.66. The summed E-state index contributed by atoms with van der Waals surface area (Å²) in [6.45, 7) is 3.65. The quantitative estimate of drug-likeness (QED) is 0.123. The number of amides is 4. The van der Waals surface area contributed by atoms with Gasteiger partial charge in [0.2, 0.25) is 0 Å². The number of rotatable bonds is 10. The van der Waals surface area contributed by atoms with Crippen LogP contribution in [0.3, 0.4) is 0 Å². The predicted octanol–water partition coefficient (Wildman–Crippen LogP) is 6.91. The summed E-state index contributed by atoms with van der Waals surface area (Å²) in [6.07, 6.45) is 0. The average Bonchev–Trinajstić information content (AvgIpc) is 3.02. The number of aryl methyl sites for hydroxylation is 2. The third kappa shape index (κ3) is 9.11. The normalized spacial score (nSPS) is 11.2. The molecule has 0 aliphatic heterocycles. The first-order chi connectivity index (χ1) is 22.8. The highest BCUT2D eigenvalue weighted by atomic mass is 32.2. The van der Waals surface area contributed by atoms with E-state index in [9.17, 15) is 26.4 Å². The van der Waals surface area contributed by atoms with Crippen LogP contribution in [0.1, 0.15) is 11.1 Å². The zero-order valence-corrected chi connectivity index (χ0v) is 27.3. The second-order valence-corrected chi connectivity index (χ2v) is 13.8. The first kappa shape index (κ1) is 33.5. The zero-order valence-electron chi connectivity index (χ0n) is 25.6. The van der Waals surface area contributed by atoms with Crippen molar-refractivity contribution in [3.8, 4) is 23.0 Å². The molecule has 12 nitrogen and oxygen atoms in total. The van der Waals surface area contributed by atoms with E-state index >= 15 is 0 Å². The van der Waals surface area contributed by atoms with Gasteiger partial charge in [-0.2, -0.15) is 0 Å². The fourth-order valence-corrected chi connectivity index (χ4v) is 6.05. The van der Waals surface area contributed by atoms with Crippen LogP contribution in [0.4, 0.5) is 21.0 Å². The molecule has 0 heterocycles. The molecule has 48 heavy (non-hydrogen) atoms. The highest BCUT2D eigenvalue weighted by molar-refractivity contribution is 7.90. The van der Waals surface area contributed by atoms with Crippen molar-refractivity contribution in [1.82, 2.24) is 9.44 Å². The van der Waals surface area contributed by atoms with Gasteiger partial charge in [-0.1, -0.05) is 47.5 Å². The SMILES string of the molecule is Cc1ccc(S(=O)(=O)NC(=O)Nc2cccc(Oc3ccc(Oc4cccc(NC(=O)NS(=O)(=O)c5ccc(C)cc5)c4)cc3)c2)cc1. The minimum absolute atomic E-state index is 0.0354. The number of ether oxygens (including phenoxy) is 2. The molecular weight excluding hydrogens is 657 g/mol. The van der Waals surface area contributed by atoms with E-state index in [1.807, 2.05) is 23.3 Å². The van der Waals surface area contributed by atoms with Gasteiger partial charge in [0.05, 0.1) is 9.79 Å². The third-order valence-electron chi connectivity index (χ3n) is 6.60. The van der Waals surface area contributed by atoms with Gasteiger partial charge in [0, 0.05) is 23.5 Å². The topological polar surface area (TPSA) is 169 Å². The van der Waals surface area contributed by atoms with Gasteiger partial charge in [-0.3, -0.25) is 0 Å². The lowest BCUT2D eigenvalue weighted by Crippen LogP contribution is -2.34. The Kier molecular flexibility index (Phi) is 9.96. The zero-order chi connectivity index (χ0) is 34.3. The molecule has 0 atom stereocenters. The average molecular weight is 687 g/mol. The molecule has 0 saturated carbocycles. The van der Waals surface area contributed by atoms with Gasteiger partial charge < -0.3 is 20.1 Å². The van der Waals surface area contributed by atoms with Crippen molar-refractivity contribution in [2.45, 2.75) is 23.6 Å². The lowest BCUT2D eigenvalue weighted by atomic mass is 10.2. The van der Waals surface area contributed by atoms with E-state index < -0.39 is 32.1 Å². The van der Waals surface area contributed by atoms with E-state index in [-0.39, 0.29) is 9.79 Å². The molecule has 14 heteroatoms. The van der Waals surface area contributed by atoms with Crippen LogP contribution in [0.5, 0.6) is 23.0 Å². The van der Waals surface area contributed by atoms with Gasteiger partial charge in [-0.05, 0) is 86.6 Å². The summed E-state index contributed by atoms with van der Waals surface area (Å²) in [5.41, 5.74) is 2.38. The van der Waals surface area contributed by atoms with Gasteiger partial charge in [0.25, 0.3) is 20.0 Å². The third-order valence-corrected chi connectivity index (χ3v) is 9.29. The smallest absolute Gasteiger partial charge is 0.333 e. The van der Waals surface area contributed by atoms with Gasteiger partial charge in [0.1, 0.15) is 23.0 Å². The van der Waals surface area contributed by atoms with Gasteiger partial charge in [-0.15, -0.1) is 0 Å². The highest BCUT2D eigenvalue weighted by Gasteiger charge is 2.19. The fourth-order valence-electron chi connectivity index (χ4n) is 4.23. The Bertz CT molecular complexity index is 2000. The Morgan fingerprint density at radius 3 is 1.19 bits per heavy atom. The van der Waals surface area contributed by atoms with Crippen LogP contribution in [0, 0.1) is 13.8 Å². The first-order valence-corrected chi connectivity index (χ1v) is 17.3. The first-order valence-electron chi connectivity index (χ1n) is 14.3. The fraction of sp³-hybridized carbons (Fsp3) is 0.0588. The molecule has 5 aromatic carbocycles. The number of urea groups is 2. The van der Waals surface area contributed by atoms with Crippen LogP contribution in [0.15, 0.2) is 131 Å². The molecule has 0 unspecified atom stereocenters. The Morgan fingerprint density at radius 1 is 0.479 bits per heavy atom. The van der Waals surface area contributed by atoms with E-state index in [1.165, 1.54) is 36.4 Å². The molecule has 4 N–H and O–H groups in total. The Labute approximate surface area is 277 Å². The van der Waals surface area contributed by atoms with Crippen LogP contribution >= 0.6 is 0 Å². The second-order valence-electron chi connectivity index (χ2n) is 10.5. The molecular formula is C34H30N4O8S2. The largest absolute Gasteiger partial charge is 0.457 e. The molecule has 5 aromatic rings. The number of sulfonamides is 2. The van der Waals surface area contributed by atoms with Crippen molar-refractivity contribution >= 4 is 43.5 Å². The van der Waals surface area contributed by atoms with E-state index in [2.05, 4.69) is 10.6 Å². The molecule has 0 fully saturated rings. The molecule has 4 amide bonds. The molecule has 0 spiro atoms. The molecule has 0 aliphatic carbocycles. The molecule has 5 rings (SSSR count).